The van der Waals surface area contributed by atoms with E-state index in [2.05, 4.69) is 13.0 Å². The van der Waals surface area contributed by atoms with Crippen LogP contribution in [0.4, 0.5) is 0 Å². The standard InChI is InChI=1S/C25H41NO/c1-3-4-5-14-25(17-26)15-13-19-18(16-25)9-10-22-20-7-6-8-24(27-2)23(20)12-11-21(19)22/h18-24H,3-16H2,1-2H3. The van der Waals surface area contributed by atoms with Gasteiger partial charge in [0.15, 0.2) is 0 Å². The Morgan fingerprint density at radius 2 is 1.63 bits per heavy atom. The lowest BCUT2D eigenvalue weighted by Crippen LogP contribution is -2.50. The van der Waals surface area contributed by atoms with E-state index in [-0.39, 0.29) is 5.41 Å². The summed E-state index contributed by atoms with van der Waals surface area (Å²) in [4.78, 5) is 0. The molecule has 0 aliphatic heterocycles. The first-order valence-corrected chi connectivity index (χ1v) is 12.2. The zero-order chi connectivity index (χ0) is 18.9. The van der Waals surface area contributed by atoms with Crippen LogP contribution < -0.4 is 0 Å². The Morgan fingerprint density at radius 3 is 2.41 bits per heavy atom. The first-order chi connectivity index (χ1) is 13.2. The molecule has 0 spiro atoms. The number of hydrogen-bond donors (Lipinski definition) is 0. The molecule has 0 N–H and O–H groups in total. The summed E-state index contributed by atoms with van der Waals surface area (Å²) in [6, 6.07) is 2.82. The van der Waals surface area contributed by atoms with Gasteiger partial charge < -0.3 is 4.74 Å². The van der Waals surface area contributed by atoms with Crippen LogP contribution in [0.1, 0.15) is 96.8 Å². The van der Waals surface area contributed by atoms with Gasteiger partial charge in [0.2, 0.25) is 0 Å². The highest BCUT2D eigenvalue weighted by atomic mass is 16.5. The average molecular weight is 372 g/mol. The first-order valence-electron chi connectivity index (χ1n) is 12.2. The number of rotatable bonds is 5. The van der Waals surface area contributed by atoms with Crippen molar-refractivity contribution in [3.63, 3.8) is 0 Å². The maximum Gasteiger partial charge on any atom is 0.0689 e. The average Bonchev–Trinajstić information content (AvgIpc) is 2.72. The molecule has 0 aromatic heterocycles. The Balaban J connectivity index is 1.43. The lowest BCUT2D eigenvalue weighted by atomic mass is 9.49. The Kier molecular flexibility index (Phi) is 6.18. The summed E-state index contributed by atoms with van der Waals surface area (Å²) in [7, 11) is 1.94. The van der Waals surface area contributed by atoms with Crippen molar-refractivity contribution in [2.75, 3.05) is 7.11 Å². The predicted octanol–water partition coefficient (Wildman–Crippen LogP) is 6.74. The fourth-order valence-electron chi connectivity index (χ4n) is 8.18. The number of hydrogen-bond acceptors (Lipinski definition) is 2. The molecule has 4 rings (SSSR count). The molecule has 0 amide bonds. The Morgan fingerprint density at radius 1 is 0.889 bits per heavy atom. The van der Waals surface area contributed by atoms with Gasteiger partial charge in [0, 0.05) is 7.11 Å². The van der Waals surface area contributed by atoms with Crippen LogP contribution in [0.3, 0.4) is 0 Å². The molecular formula is C25H41NO. The highest BCUT2D eigenvalue weighted by Gasteiger charge is 2.52. The first kappa shape index (κ1) is 19.8. The molecule has 27 heavy (non-hydrogen) atoms. The molecule has 4 aliphatic carbocycles. The van der Waals surface area contributed by atoms with Crippen molar-refractivity contribution in [1.82, 2.24) is 0 Å². The predicted molar refractivity (Wildman–Crippen MR) is 110 cm³/mol. The van der Waals surface area contributed by atoms with Crippen LogP contribution in [0.5, 0.6) is 0 Å². The van der Waals surface area contributed by atoms with E-state index in [0.717, 1.165) is 41.9 Å². The van der Waals surface area contributed by atoms with E-state index >= 15 is 0 Å². The van der Waals surface area contributed by atoms with E-state index in [1.54, 1.807) is 0 Å². The number of fused-ring (bicyclic) bond motifs is 5. The molecule has 4 fully saturated rings. The number of nitriles is 1. The second kappa shape index (κ2) is 8.44. The van der Waals surface area contributed by atoms with E-state index in [1.807, 2.05) is 7.11 Å². The monoisotopic (exact) mass is 371 g/mol. The van der Waals surface area contributed by atoms with Crippen LogP contribution in [0.25, 0.3) is 0 Å². The molecule has 0 radical (unpaired) electrons. The van der Waals surface area contributed by atoms with Gasteiger partial charge in [0.25, 0.3) is 0 Å². The molecule has 4 saturated carbocycles. The van der Waals surface area contributed by atoms with Gasteiger partial charge in [-0.25, -0.2) is 0 Å². The second-order valence-corrected chi connectivity index (χ2v) is 10.5. The quantitative estimate of drug-likeness (QED) is 0.501. The van der Waals surface area contributed by atoms with Crippen molar-refractivity contribution in [2.24, 2.45) is 40.9 Å². The molecular weight excluding hydrogens is 330 g/mol. The van der Waals surface area contributed by atoms with Gasteiger partial charge in [0.05, 0.1) is 17.6 Å². The maximum absolute atomic E-state index is 10.0. The third kappa shape index (κ3) is 3.71. The van der Waals surface area contributed by atoms with Crippen LogP contribution in [0.2, 0.25) is 0 Å². The summed E-state index contributed by atoms with van der Waals surface area (Å²) in [6.45, 7) is 2.27. The lowest BCUT2D eigenvalue weighted by molar-refractivity contribution is -0.0993. The minimum absolute atomic E-state index is 0.0202. The van der Waals surface area contributed by atoms with Gasteiger partial charge in [0.1, 0.15) is 0 Å². The highest BCUT2D eigenvalue weighted by Crippen LogP contribution is 2.60. The lowest BCUT2D eigenvalue weighted by Gasteiger charge is -2.56. The number of ether oxygens (including phenoxy) is 1. The van der Waals surface area contributed by atoms with Crippen molar-refractivity contribution in [3.8, 4) is 6.07 Å². The molecule has 0 bridgehead atoms. The Hall–Kier alpha value is -0.550. The van der Waals surface area contributed by atoms with E-state index in [1.165, 1.54) is 83.5 Å². The number of nitrogens with zero attached hydrogens (tertiary/aromatic N) is 1. The van der Waals surface area contributed by atoms with Crippen LogP contribution in [-0.4, -0.2) is 13.2 Å². The van der Waals surface area contributed by atoms with Crippen molar-refractivity contribution in [1.29, 1.82) is 5.26 Å². The van der Waals surface area contributed by atoms with Crippen molar-refractivity contribution < 1.29 is 4.74 Å². The fourth-order valence-corrected chi connectivity index (χ4v) is 8.18. The largest absolute Gasteiger partial charge is 0.381 e. The molecule has 8 unspecified atom stereocenters. The number of methoxy groups -OCH3 is 1. The van der Waals surface area contributed by atoms with Crippen LogP contribution >= 0.6 is 0 Å². The van der Waals surface area contributed by atoms with Gasteiger partial charge in [-0.2, -0.15) is 5.26 Å². The SMILES string of the molecule is CCCCCC1(C#N)CCC2C(CCC3C2CCC2C(OC)CCCC23)C1. The summed E-state index contributed by atoms with van der Waals surface area (Å²) in [5, 5.41) is 10.0. The van der Waals surface area contributed by atoms with Gasteiger partial charge in [-0.05, 0) is 99.7 Å². The molecule has 152 valence electrons. The zero-order valence-corrected chi connectivity index (χ0v) is 17.8. The van der Waals surface area contributed by atoms with E-state index in [4.69, 9.17) is 4.74 Å². The molecule has 0 saturated heterocycles. The third-order valence-electron chi connectivity index (χ3n) is 9.42. The summed E-state index contributed by atoms with van der Waals surface area (Å²) in [5.41, 5.74) is 0.0202. The van der Waals surface area contributed by atoms with E-state index in [0.29, 0.717) is 6.10 Å². The van der Waals surface area contributed by atoms with Crippen LogP contribution in [0.15, 0.2) is 0 Å². The highest BCUT2D eigenvalue weighted by molar-refractivity contribution is 5.07. The molecule has 4 aliphatic rings. The van der Waals surface area contributed by atoms with Crippen molar-refractivity contribution in [3.05, 3.63) is 0 Å². The molecule has 0 aromatic rings. The minimum Gasteiger partial charge on any atom is -0.381 e. The number of unbranched alkanes of at least 4 members (excludes halogenated alkanes) is 2. The molecule has 2 heteroatoms. The second-order valence-electron chi connectivity index (χ2n) is 10.5. The summed E-state index contributed by atoms with van der Waals surface area (Å²) in [5.74, 6) is 5.50. The molecule has 0 aromatic carbocycles. The van der Waals surface area contributed by atoms with E-state index in [9.17, 15) is 5.26 Å². The Labute approximate surface area is 167 Å². The van der Waals surface area contributed by atoms with Crippen molar-refractivity contribution in [2.45, 2.75) is 103 Å². The van der Waals surface area contributed by atoms with Crippen LogP contribution in [-0.2, 0) is 4.74 Å². The van der Waals surface area contributed by atoms with Gasteiger partial charge in [-0.15, -0.1) is 0 Å². The topological polar surface area (TPSA) is 33.0 Å². The fraction of sp³-hybridized carbons (Fsp3) is 0.960. The molecule has 2 nitrogen and oxygen atoms in total. The van der Waals surface area contributed by atoms with Gasteiger partial charge in [-0.3, -0.25) is 0 Å². The normalized spacial score (nSPS) is 46.6. The maximum atomic E-state index is 10.0. The molecule has 8 atom stereocenters. The van der Waals surface area contributed by atoms with E-state index < -0.39 is 0 Å². The van der Waals surface area contributed by atoms with Gasteiger partial charge >= 0.3 is 0 Å². The smallest absolute Gasteiger partial charge is 0.0689 e. The van der Waals surface area contributed by atoms with Crippen LogP contribution in [0, 0.1) is 52.3 Å². The minimum atomic E-state index is 0.0202. The third-order valence-corrected chi connectivity index (χ3v) is 9.42. The molecule has 0 heterocycles. The zero-order valence-electron chi connectivity index (χ0n) is 17.8. The summed E-state index contributed by atoms with van der Waals surface area (Å²) >= 11 is 0. The Bertz CT molecular complexity index is 539. The summed E-state index contributed by atoms with van der Waals surface area (Å²) in [6.07, 6.45) is 19.1. The summed E-state index contributed by atoms with van der Waals surface area (Å²) < 4.78 is 5.90. The van der Waals surface area contributed by atoms with Gasteiger partial charge in [-0.1, -0.05) is 32.6 Å². The van der Waals surface area contributed by atoms with Crippen molar-refractivity contribution >= 4 is 0 Å².